The highest BCUT2D eigenvalue weighted by atomic mass is 16.4. The summed E-state index contributed by atoms with van der Waals surface area (Å²) in [6, 6.07) is 0. The third-order valence-corrected chi connectivity index (χ3v) is 2.67. The maximum absolute atomic E-state index is 8.61. The Kier molecular flexibility index (Phi) is 11.4. The first kappa shape index (κ1) is 16.0. The fourth-order valence-corrected chi connectivity index (χ4v) is 1.71. The van der Waals surface area contributed by atoms with Gasteiger partial charge in [-0.3, -0.25) is 0 Å². The molecule has 0 aromatic carbocycles. The van der Waals surface area contributed by atoms with Crippen molar-refractivity contribution in [1.29, 1.82) is 0 Å². The van der Waals surface area contributed by atoms with Crippen molar-refractivity contribution in [1.82, 2.24) is 0 Å². The topological polar surface area (TPSA) is 80.9 Å². The average molecular weight is 230 g/mol. The van der Waals surface area contributed by atoms with E-state index < -0.39 is 14.2 Å². The predicted octanol–water partition coefficient (Wildman–Crippen LogP) is 1.05. The first-order valence-electron chi connectivity index (χ1n) is 6.35. The molecule has 0 heterocycles. The molecule has 0 rings (SSSR count). The summed E-state index contributed by atoms with van der Waals surface area (Å²) in [5.41, 5.74) is 0. The molecule has 4 nitrogen and oxygen atoms in total. The summed E-state index contributed by atoms with van der Waals surface area (Å²) in [5, 5.41) is 34.4. The molecule has 0 atom stereocenters. The molecule has 0 unspecified atom stereocenters. The van der Waals surface area contributed by atoms with Gasteiger partial charge >= 0.3 is 14.2 Å². The van der Waals surface area contributed by atoms with Gasteiger partial charge in [-0.1, -0.05) is 51.4 Å². The lowest BCUT2D eigenvalue weighted by atomic mass is 9.83. The fourth-order valence-electron chi connectivity index (χ4n) is 1.71. The third kappa shape index (κ3) is 14.0. The summed E-state index contributed by atoms with van der Waals surface area (Å²) >= 11 is 0. The Morgan fingerprint density at radius 1 is 0.438 bits per heavy atom. The summed E-state index contributed by atoms with van der Waals surface area (Å²) in [4.78, 5) is 0. The number of unbranched alkanes of at least 4 members (excludes halogenated alkanes) is 7. The molecule has 0 aromatic heterocycles. The van der Waals surface area contributed by atoms with Crippen LogP contribution in [0.1, 0.15) is 51.4 Å². The van der Waals surface area contributed by atoms with Gasteiger partial charge in [-0.15, -0.1) is 0 Å². The minimum atomic E-state index is -1.15. The molecule has 0 saturated carbocycles. The highest BCUT2D eigenvalue weighted by Gasteiger charge is 2.05. The van der Waals surface area contributed by atoms with Crippen LogP contribution in [0.15, 0.2) is 0 Å². The highest BCUT2D eigenvalue weighted by molar-refractivity contribution is 6.41. The van der Waals surface area contributed by atoms with Crippen LogP contribution >= 0.6 is 0 Å². The molecular weight excluding hydrogens is 206 g/mol. The van der Waals surface area contributed by atoms with Gasteiger partial charge in [0, 0.05) is 0 Å². The molecule has 0 aliphatic rings. The van der Waals surface area contributed by atoms with Gasteiger partial charge in [0.2, 0.25) is 0 Å². The van der Waals surface area contributed by atoms with Crippen molar-refractivity contribution in [3.63, 3.8) is 0 Å². The second-order valence-electron chi connectivity index (χ2n) is 4.37. The van der Waals surface area contributed by atoms with E-state index in [0.717, 1.165) is 38.5 Å². The molecule has 6 heteroatoms. The van der Waals surface area contributed by atoms with Crippen LogP contribution in [0.25, 0.3) is 0 Å². The molecule has 94 valence electrons. The molecular formula is C10H24B2O4. The average Bonchev–Trinajstić information content (AvgIpc) is 2.20. The lowest BCUT2D eigenvalue weighted by molar-refractivity contribution is 0.399. The summed E-state index contributed by atoms with van der Waals surface area (Å²) in [5.74, 6) is 0. The van der Waals surface area contributed by atoms with Crippen molar-refractivity contribution in [3.05, 3.63) is 0 Å². The van der Waals surface area contributed by atoms with Gasteiger partial charge in [-0.2, -0.15) is 0 Å². The van der Waals surface area contributed by atoms with Crippen molar-refractivity contribution >= 4 is 14.2 Å². The SMILES string of the molecule is OB(O)CCCCCCCCCCB(O)O. The van der Waals surface area contributed by atoms with Crippen LogP contribution in [0.2, 0.25) is 12.6 Å². The van der Waals surface area contributed by atoms with Gasteiger partial charge in [0.1, 0.15) is 0 Å². The first-order valence-corrected chi connectivity index (χ1v) is 6.35. The molecule has 0 fully saturated rings. The molecule has 0 bridgehead atoms. The van der Waals surface area contributed by atoms with Crippen LogP contribution in [0.4, 0.5) is 0 Å². The minimum Gasteiger partial charge on any atom is -0.427 e. The Hall–Kier alpha value is -0.0301. The molecule has 0 aliphatic carbocycles. The van der Waals surface area contributed by atoms with Crippen LogP contribution in [-0.2, 0) is 0 Å². The zero-order valence-corrected chi connectivity index (χ0v) is 10.0. The first-order chi connectivity index (χ1) is 7.63. The predicted molar refractivity (Wildman–Crippen MR) is 66.9 cm³/mol. The van der Waals surface area contributed by atoms with Crippen LogP contribution in [-0.4, -0.2) is 34.3 Å². The maximum Gasteiger partial charge on any atom is 0.451 e. The minimum absolute atomic E-state index is 0.481. The standard InChI is InChI=1S/C10H24B2O4/c13-11(14)9-7-5-3-1-2-4-6-8-10-12(15)16/h13-16H,1-10H2. The number of hydrogen-bond donors (Lipinski definition) is 4. The molecule has 0 amide bonds. The Balaban J connectivity index is 2.93. The van der Waals surface area contributed by atoms with E-state index in [4.69, 9.17) is 20.1 Å². The fraction of sp³-hybridized carbons (Fsp3) is 1.00. The van der Waals surface area contributed by atoms with Gasteiger partial charge in [-0.25, -0.2) is 0 Å². The van der Waals surface area contributed by atoms with E-state index in [0.29, 0.717) is 12.6 Å². The van der Waals surface area contributed by atoms with E-state index in [-0.39, 0.29) is 0 Å². The molecule has 0 aromatic rings. The van der Waals surface area contributed by atoms with Gasteiger partial charge in [0.25, 0.3) is 0 Å². The molecule has 16 heavy (non-hydrogen) atoms. The maximum atomic E-state index is 8.61. The van der Waals surface area contributed by atoms with E-state index >= 15 is 0 Å². The van der Waals surface area contributed by atoms with Crippen molar-refractivity contribution in [2.75, 3.05) is 0 Å². The Morgan fingerprint density at radius 3 is 0.938 bits per heavy atom. The molecule has 0 radical (unpaired) electrons. The third-order valence-electron chi connectivity index (χ3n) is 2.67. The number of hydrogen-bond acceptors (Lipinski definition) is 4. The second kappa shape index (κ2) is 11.5. The van der Waals surface area contributed by atoms with E-state index in [9.17, 15) is 0 Å². The smallest absolute Gasteiger partial charge is 0.427 e. The van der Waals surface area contributed by atoms with Gasteiger partial charge in [-0.05, 0) is 12.6 Å². The van der Waals surface area contributed by atoms with Crippen molar-refractivity contribution in [3.8, 4) is 0 Å². The van der Waals surface area contributed by atoms with Crippen molar-refractivity contribution < 1.29 is 20.1 Å². The Labute approximate surface area is 99.0 Å². The van der Waals surface area contributed by atoms with Crippen LogP contribution in [0.5, 0.6) is 0 Å². The zero-order valence-electron chi connectivity index (χ0n) is 10.0. The normalized spacial score (nSPS) is 10.5. The largest absolute Gasteiger partial charge is 0.451 e. The molecule has 0 aliphatic heterocycles. The molecule has 0 saturated heterocycles. The Bertz CT molecular complexity index is 129. The number of rotatable bonds is 11. The summed E-state index contributed by atoms with van der Waals surface area (Å²) < 4.78 is 0. The van der Waals surface area contributed by atoms with E-state index in [2.05, 4.69) is 0 Å². The lowest BCUT2D eigenvalue weighted by Gasteiger charge is -2.02. The van der Waals surface area contributed by atoms with Crippen molar-refractivity contribution in [2.24, 2.45) is 0 Å². The van der Waals surface area contributed by atoms with Crippen LogP contribution < -0.4 is 0 Å². The molecule has 0 spiro atoms. The quantitative estimate of drug-likeness (QED) is 0.316. The van der Waals surface area contributed by atoms with Gasteiger partial charge in [0.05, 0.1) is 0 Å². The monoisotopic (exact) mass is 230 g/mol. The lowest BCUT2D eigenvalue weighted by Crippen LogP contribution is -2.09. The van der Waals surface area contributed by atoms with Gasteiger partial charge < -0.3 is 20.1 Å². The van der Waals surface area contributed by atoms with E-state index in [1.54, 1.807) is 0 Å². The van der Waals surface area contributed by atoms with Crippen LogP contribution in [0, 0.1) is 0 Å². The molecule has 4 N–H and O–H groups in total. The highest BCUT2D eigenvalue weighted by Crippen LogP contribution is 2.11. The van der Waals surface area contributed by atoms with Crippen LogP contribution in [0.3, 0.4) is 0 Å². The summed E-state index contributed by atoms with van der Waals surface area (Å²) in [6.45, 7) is 0. The second-order valence-corrected chi connectivity index (χ2v) is 4.37. The van der Waals surface area contributed by atoms with E-state index in [1.165, 1.54) is 12.8 Å². The Morgan fingerprint density at radius 2 is 0.688 bits per heavy atom. The summed E-state index contributed by atoms with van der Waals surface area (Å²) in [6.07, 6.45) is 9.52. The zero-order chi connectivity index (χ0) is 12.2. The van der Waals surface area contributed by atoms with Gasteiger partial charge in [0.15, 0.2) is 0 Å². The summed E-state index contributed by atoms with van der Waals surface area (Å²) in [7, 11) is -2.30. The van der Waals surface area contributed by atoms with Crippen molar-refractivity contribution in [2.45, 2.75) is 64.0 Å². The van der Waals surface area contributed by atoms with E-state index in [1.807, 2.05) is 0 Å².